The number of aromatic nitrogens is 1. The molecular formula is C23H36IN5O. The minimum Gasteiger partial charge on any atom is -0.361 e. The Morgan fingerprint density at radius 3 is 2.67 bits per heavy atom. The van der Waals surface area contributed by atoms with E-state index in [-0.39, 0.29) is 24.0 Å². The van der Waals surface area contributed by atoms with Crippen LogP contribution in [0, 0.1) is 13.8 Å². The lowest BCUT2D eigenvalue weighted by Crippen LogP contribution is -2.51. The fourth-order valence-corrected chi connectivity index (χ4v) is 4.12. The zero-order valence-electron chi connectivity index (χ0n) is 18.6. The molecule has 0 spiro atoms. The Morgan fingerprint density at radius 1 is 1.27 bits per heavy atom. The van der Waals surface area contributed by atoms with Crippen molar-refractivity contribution in [1.82, 2.24) is 20.7 Å². The summed E-state index contributed by atoms with van der Waals surface area (Å²) in [6.07, 6.45) is 4.26. The molecular weight excluding hydrogens is 489 g/mol. The molecule has 1 aliphatic heterocycles. The lowest BCUT2D eigenvalue weighted by molar-refractivity contribution is 0.134. The first-order valence-electron chi connectivity index (χ1n) is 10.7. The quantitative estimate of drug-likeness (QED) is 0.247. The SMILES string of the molecule is CN=C(NCCCc1c(C)noc1C)NC1CCN(Cc2ccccc2)C(C)C1.I. The number of benzene rings is 1. The number of guanidine groups is 1. The summed E-state index contributed by atoms with van der Waals surface area (Å²) in [5.74, 6) is 1.83. The van der Waals surface area contributed by atoms with Crippen LogP contribution in [0.1, 0.15) is 48.8 Å². The van der Waals surface area contributed by atoms with Crippen LogP contribution in [0.15, 0.2) is 39.8 Å². The van der Waals surface area contributed by atoms with Crippen molar-refractivity contribution in [3.05, 3.63) is 52.9 Å². The highest BCUT2D eigenvalue weighted by Gasteiger charge is 2.25. The van der Waals surface area contributed by atoms with Gasteiger partial charge in [-0.2, -0.15) is 0 Å². The van der Waals surface area contributed by atoms with Crippen LogP contribution in [0.3, 0.4) is 0 Å². The zero-order valence-corrected chi connectivity index (χ0v) is 21.0. The van der Waals surface area contributed by atoms with Gasteiger partial charge in [-0.15, -0.1) is 24.0 Å². The van der Waals surface area contributed by atoms with Crippen molar-refractivity contribution in [3.63, 3.8) is 0 Å². The first kappa shape index (κ1) is 24.7. The number of likely N-dealkylation sites (tertiary alicyclic amines) is 1. The average molecular weight is 525 g/mol. The maximum absolute atomic E-state index is 5.24. The van der Waals surface area contributed by atoms with Crippen molar-refractivity contribution in [2.45, 2.75) is 65.1 Å². The Kier molecular flexibility index (Phi) is 10.1. The first-order chi connectivity index (χ1) is 14.1. The third-order valence-electron chi connectivity index (χ3n) is 5.88. The summed E-state index contributed by atoms with van der Waals surface area (Å²) in [7, 11) is 1.84. The normalized spacial score (nSPS) is 19.9. The number of halogens is 1. The third-order valence-corrected chi connectivity index (χ3v) is 5.88. The minimum atomic E-state index is 0. The van der Waals surface area contributed by atoms with Crippen LogP contribution in [-0.4, -0.2) is 48.2 Å². The maximum Gasteiger partial charge on any atom is 0.191 e. The van der Waals surface area contributed by atoms with Gasteiger partial charge < -0.3 is 15.2 Å². The number of aryl methyl sites for hydroxylation is 2. The lowest BCUT2D eigenvalue weighted by atomic mass is 9.97. The Morgan fingerprint density at radius 2 is 2.03 bits per heavy atom. The van der Waals surface area contributed by atoms with Crippen LogP contribution in [0.5, 0.6) is 0 Å². The highest BCUT2D eigenvalue weighted by molar-refractivity contribution is 14.0. The fourth-order valence-electron chi connectivity index (χ4n) is 4.12. The van der Waals surface area contributed by atoms with E-state index in [1.165, 1.54) is 11.1 Å². The number of piperidine rings is 1. The topological polar surface area (TPSA) is 65.7 Å². The van der Waals surface area contributed by atoms with Crippen molar-refractivity contribution in [3.8, 4) is 0 Å². The summed E-state index contributed by atoms with van der Waals surface area (Å²) >= 11 is 0. The van der Waals surface area contributed by atoms with Crippen molar-refractivity contribution < 1.29 is 4.52 Å². The summed E-state index contributed by atoms with van der Waals surface area (Å²) < 4.78 is 5.24. The summed E-state index contributed by atoms with van der Waals surface area (Å²) in [5.41, 5.74) is 3.62. The van der Waals surface area contributed by atoms with Gasteiger partial charge in [-0.1, -0.05) is 35.5 Å². The lowest BCUT2D eigenvalue weighted by Gasteiger charge is -2.38. The highest BCUT2D eigenvalue weighted by Crippen LogP contribution is 2.20. The largest absolute Gasteiger partial charge is 0.361 e. The minimum absolute atomic E-state index is 0. The standard InChI is InChI=1S/C23H35N5O.HI/c1-17-15-21(12-14-28(17)16-20-9-6-5-7-10-20)26-23(24-4)25-13-8-11-22-18(2)27-29-19(22)3;/h5-7,9-10,17,21H,8,11-16H2,1-4H3,(H2,24,25,26);1H. The molecule has 0 saturated carbocycles. The second-order valence-electron chi connectivity index (χ2n) is 8.08. The molecule has 0 radical (unpaired) electrons. The van der Waals surface area contributed by atoms with Gasteiger partial charge in [0.15, 0.2) is 5.96 Å². The van der Waals surface area contributed by atoms with Crippen molar-refractivity contribution in [2.24, 2.45) is 4.99 Å². The van der Waals surface area contributed by atoms with Crippen molar-refractivity contribution in [1.29, 1.82) is 0 Å². The highest BCUT2D eigenvalue weighted by atomic mass is 127. The smallest absolute Gasteiger partial charge is 0.191 e. The Bertz CT molecular complexity index is 773. The molecule has 0 bridgehead atoms. The molecule has 3 rings (SSSR count). The molecule has 0 amide bonds. The van der Waals surface area contributed by atoms with E-state index in [0.717, 1.165) is 62.7 Å². The molecule has 6 nitrogen and oxygen atoms in total. The molecule has 7 heteroatoms. The molecule has 2 unspecified atom stereocenters. The summed E-state index contributed by atoms with van der Waals surface area (Å²) in [5, 5.41) is 11.1. The van der Waals surface area contributed by atoms with Crippen LogP contribution in [-0.2, 0) is 13.0 Å². The summed E-state index contributed by atoms with van der Waals surface area (Å²) in [4.78, 5) is 6.99. The third kappa shape index (κ3) is 6.97. The molecule has 1 saturated heterocycles. The second kappa shape index (κ2) is 12.3. The predicted molar refractivity (Wildman–Crippen MR) is 134 cm³/mol. The van der Waals surface area contributed by atoms with Crippen molar-refractivity contribution >= 4 is 29.9 Å². The fraction of sp³-hybridized carbons (Fsp3) is 0.565. The number of hydrogen-bond acceptors (Lipinski definition) is 4. The molecule has 1 fully saturated rings. The number of nitrogens with one attached hydrogen (secondary N) is 2. The molecule has 166 valence electrons. The van der Waals surface area contributed by atoms with Gasteiger partial charge in [0.2, 0.25) is 0 Å². The number of hydrogen-bond donors (Lipinski definition) is 2. The molecule has 2 atom stereocenters. The Balaban J connectivity index is 0.00000320. The van der Waals surface area contributed by atoms with Crippen LogP contribution >= 0.6 is 24.0 Å². The van der Waals surface area contributed by atoms with E-state index in [1.54, 1.807) is 0 Å². The van der Waals surface area contributed by atoms with Gasteiger partial charge in [0.25, 0.3) is 0 Å². The Hall–Kier alpha value is -1.61. The van der Waals surface area contributed by atoms with Gasteiger partial charge in [0, 0.05) is 44.3 Å². The molecule has 1 aliphatic rings. The van der Waals surface area contributed by atoms with Gasteiger partial charge in [-0.05, 0) is 52.0 Å². The Labute approximate surface area is 197 Å². The van der Waals surface area contributed by atoms with Gasteiger partial charge in [0.05, 0.1) is 5.69 Å². The van der Waals surface area contributed by atoms with E-state index in [4.69, 9.17) is 4.52 Å². The molecule has 2 aromatic rings. The predicted octanol–water partition coefficient (Wildman–Crippen LogP) is 4.06. The zero-order chi connectivity index (χ0) is 20.6. The van der Waals surface area contributed by atoms with E-state index in [0.29, 0.717) is 12.1 Å². The molecule has 1 aromatic heterocycles. The molecule has 30 heavy (non-hydrogen) atoms. The molecule has 2 N–H and O–H groups in total. The molecule has 1 aromatic carbocycles. The first-order valence-corrected chi connectivity index (χ1v) is 10.7. The second-order valence-corrected chi connectivity index (χ2v) is 8.08. The van der Waals surface area contributed by atoms with E-state index in [1.807, 2.05) is 20.9 Å². The average Bonchev–Trinajstić information content (AvgIpc) is 3.05. The van der Waals surface area contributed by atoms with Crippen LogP contribution in [0.25, 0.3) is 0 Å². The summed E-state index contributed by atoms with van der Waals surface area (Å²) in [6, 6.07) is 11.8. The van der Waals surface area contributed by atoms with Crippen LogP contribution < -0.4 is 10.6 Å². The van der Waals surface area contributed by atoms with Gasteiger partial charge >= 0.3 is 0 Å². The van der Waals surface area contributed by atoms with Gasteiger partial charge in [-0.3, -0.25) is 9.89 Å². The van der Waals surface area contributed by atoms with E-state index in [2.05, 4.69) is 62.9 Å². The molecule has 2 heterocycles. The monoisotopic (exact) mass is 525 g/mol. The van der Waals surface area contributed by atoms with Crippen LogP contribution in [0.4, 0.5) is 0 Å². The van der Waals surface area contributed by atoms with Crippen LogP contribution in [0.2, 0.25) is 0 Å². The van der Waals surface area contributed by atoms with Gasteiger partial charge in [0.1, 0.15) is 5.76 Å². The summed E-state index contributed by atoms with van der Waals surface area (Å²) in [6.45, 7) is 9.34. The van der Waals surface area contributed by atoms with Crippen molar-refractivity contribution in [2.75, 3.05) is 20.1 Å². The maximum atomic E-state index is 5.24. The number of rotatable bonds is 7. The van der Waals surface area contributed by atoms with E-state index < -0.39 is 0 Å². The number of nitrogens with zero attached hydrogens (tertiary/aromatic N) is 3. The van der Waals surface area contributed by atoms with E-state index in [9.17, 15) is 0 Å². The van der Waals surface area contributed by atoms with Gasteiger partial charge in [-0.25, -0.2) is 0 Å². The number of aliphatic imine (C=N–C) groups is 1. The van der Waals surface area contributed by atoms with E-state index >= 15 is 0 Å². The molecule has 0 aliphatic carbocycles.